The Morgan fingerprint density at radius 1 is 0.812 bits per heavy atom. The number of unbranched alkanes of at least 4 members (excludes halogenated alkanes) is 9. The van der Waals surface area contributed by atoms with E-state index in [9.17, 15) is 0 Å². The summed E-state index contributed by atoms with van der Waals surface area (Å²) in [7, 11) is 0. The van der Waals surface area contributed by atoms with Crippen LogP contribution in [-0.4, -0.2) is 12.4 Å². The molecule has 2 N–H and O–H groups in total. The van der Waals surface area contributed by atoms with Gasteiger partial charge in [0, 0.05) is 6.54 Å². The first-order chi connectivity index (χ1) is 7.77. The van der Waals surface area contributed by atoms with Crippen LogP contribution in [0.1, 0.15) is 78.1 Å². The Morgan fingerprint density at radius 3 is 1.69 bits per heavy atom. The predicted molar refractivity (Wildman–Crippen MR) is 73.2 cm³/mol. The lowest BCUT2D eigenvalue weighted by Crippen LogP contribution is -2.19. The molecule has 0 spiro atoms. The van der Waals surface area contributed by atoms with Crippen molar-refractivity contribution in [3.8, 4) is 0 Å². The molecule has 0 heterocycles. The average Bonchev–Trinajstić information content (AvgIpc) is 2.25. The number of hydrogen-bond donors (Lipinski definition) is 2. The first-order valence-electron chi connectivity index (χ1n) is 7.06. The summed E-state index contributed by atoms with van der Waals surface area (Å²) in [6.45, 7) is 5.05. The van der Waals surface area contributed by atoms with E-state index < -0.39 is 0 Å². The van der Waals surface area contributed by atoms with Gasteiger partial charge >= 0.3 is 0 Å². The lowest BCUT2D eigenvalue weighted by atomic mass is 10.1. The van der Waals surface area contributed by atoms with Crippen molar-refractivity contribution in [3.05, 3.63) is 0 Å². The third-order valence-corrected chi connectivity index (χ3v) is 2.92. The SMILES string of the molecule is CCCCCCCCCCCCNC(C)=N. The van der Waals surface area contributed by atoms with Crippen molar-refractivity contribution in [3.63, 3.8) is 0 Å². The van der Waals surface area contributed by atoms with Gasteiger partial charge in [0.2, 0.25) is 0 Å². The molecular weight excluding hydrogens is 196 g/mol. The van der Waals surface area contributed by atoms with E-state index in [1.54, 1.807) is 6.92 Å². The van der Waals surface area contributed by atoms with Crippen LogP contribution in [0.5, 0.6) is 0 Å². The average molecular weight is 226 g/mol. The third-order valence-electron chi connectivity index (χ3n) is 2.92. The molecule has 0 aromatic heterocycles. The Bertz CT molecular complexity index is 155. The summed E-state index contributed by atoms with van der Waals surface area (Å²) < 4.78 is 0. The van der Waals surface area contributed by atoms with Crippen LogP contribution in [0.15, 0.2) is 0 Å². The molecule has 0 radical (unpaired) electrons. The predicted octanol–water partition coefficient (Wildman–Crippen LogP) is 4.49. The van der Waals surface area contributed by atoms with Crippen molar-refractivity contribution >= 4 is 5.84 Å². The van der Waals surface area contributed by atoms with Gasteiger partial charge in [-0.05, 0) is 13.3 Å². The maximum atomic E-state index is 7.21. The van der Waals surface area contributed by atoms with Crippen LogP contribution in [0.3, 0.4) is 0 Å². The summed E-state index contributed by atoms with van der Waals surface area (Å²) in [5.74, 6) is 0.593. The molecular formula is C14H30N2. The van der Waals surface area contributed by atoms with Crippen LogP contribution in [0.2, 0.25) is 0 Å². The molecule has 0 bridgehead atoms. The first kappa shape index (κ1) is 15.5. The van der Waals surface area contributed by atoms with E-state index in [0.29, 0.717) is 5.84 Å². The van der Waals surface area contributed by atoms with E-state index in [0.717, 1.165) is 6.54 Å². The molecule has 2 heteroatoms. The molecule has 0 aliphatic carbocycles. The van der Waals surface area contributed by atoms with Crippen LogP contribution in [-0.2, 0) is 0 Å². The minimum Gasteiger partial charge on any atom is -0.374 e. The third kappa shape index (κ3) is 13.5. The molecule has 0 rings (SSSR count). The molecule has 0 aromatic rings. The topological polar surface area (TPSA) is 35.9 Å². The molecule has 0 unspecified atom stereocenters. The highest BCUT2D eigenvalue weighted by molar-refractivity contribution is 5.75. The minimum atomic E-state index is 0.593. The molecule has 0 aromatic carbocycles. The fourth-order valence-electron chi connectivity index (χ4n) is 1.89. The van der Waals surface area contributed by atoms with Gasteiger partial charge < -0.3 is 5.32 Å². The maximum Gasteiger partial charge on any atom is 0.0899 e. The molecule has 16 heavy (non-hydrogen) atoms. The molecule has 0 aliphatic rings. The van der Waals surface area contributed by atoms with E-state index in [-0.39, 0.29) is 0 Å². The van der Waals surface area contributed by atoms with Crippen molar-refractivity contribution < 1.29 is 0 Å². The molecule has 0 atom stereocenters. The van der Waals surface area contributed by atoms with Crippen LogP contribution >= 0.6 is 0 Å². The van der Waals surface area contributed by atoms with Gasteiger partial charge in [-0.15, -0.1) is 0 Å². The summed E-state index contributed by atoms with van der Waals surface area (Å²) >= 11 is 0. The summed E-state index contributed by atoms with van der Waals surface area (Å²) in [6, 6.07) is 0. The monoisotopic (exact) mass is 226 g/mol. The van der Waals surface area contributed by atoms with E-state index in [2.05, 4.69) is 12.2 Å². The van der Waals surface area contributed by atoms with Crippen LogP contribution in [0.4, 0.5) is 0 Å². The van der Waals surface area contributed by atoms with Gasteiger partial charge in [0.05, 0.1) is 5.84 Å². The van der Waals surface area contributed by atoms with Crippen molar-refractivity contribution in [1.82, 2.24) is 5.32 Å². The Morgan fingerprint density at radius 2 is 1.25 bits per heavy atom. The zero-order chi connectivity index (χ0) is 12.1. The number of rotatable bonds is 11. The quantitative estimate of drug-likeness (QED) is 0.304. The number of amidine groups is 1. The normalized spacial score (nSPS) is 10.4. The summed E-state index contributed by atoms with van der Waals surface area (Å²) in [5, 5.41) is 10.3. The first-order valence-corrected chi connectivity index (χ1v) is 7.06. The fourth-order valence-corrected chi connectivity index (χ4v) is 1.89. The van der Waals surface area contributed by atoms with Crippen molar-refractivity contribution in [1.29, 1.82) is 5.41 Å². The van der Waals surface area contributed by atoms with Gasteiger partial charge in [0.1, 0.15) is 0 Å². The van der Waals surface area contributed by atoms with Crippen LogP contribution in [0, 0.1) is 5.41 Å². The number of hydrogen-bond acceptors (Lipinski definition) is 1. The number of nitrogens with one attached hydrogen (secondary N) is 2. The van der Waals surface area contributed by atoms with Crippen molar-refractivity contribution in [2.75, 3.05) is 6.54 Å². The van der Waals surface area contributed by atoms with E-state index >= 15 is 0 Å². The minimum absolute atomic E-state index is 0.593. The Kier molecular flexibility index (Phi) is 12.1. The maximum absolute atomic E-state index is 7.21. The molecule has 2 nitrogen and oxygen atoms in total. The van der Waals surface area contributed by atoms with Crippen LogP contribution in [0.25, 0.3) is 0 Å². The largest absolute Gasteiger partial charge is 0.374 e. The van der Waals surface area contributed by atoms with Crippen LogP contribution < -0.4 is 5.32 Å². The highest BCUT2D eigenvalue weighted by Crippen LogP contribution is 2.10. The summed E-state index contributed by atoms with van der Waals surface area (Å²) in [5.41, 5.74) is 0. The lowest BCUT2D eigenvalue weighted by Gasteiger charge is -2.04. The second-order valence-corrected chi connectivity index (χ2v) is 4.73. The molecule has 0 fully saturated rings. The fraction of sp³-hybridized carbons (Fsp3) is 0.929. The smallest absolute Gasteiger partial charge is 0.0899 e. The van der Waals surface area contributed by atoms with Gasteiger partial charge in [-0.3, -0.25) is 5.41 Å². The molecule has 0 saturated heterocycles. The second kappa shape index (κ2) is 12.5. The van der Waals surface area contributed by atoms with Gasteiger partial charge in [-0.1, -0.05) is 64.7 Å². The molecule has 0 aliphatic heterocycles. The standard InChI is InChI=1S/C14H30N2/c1-3-4-5-6-7-8-9-10-11-12-13-16-14(2)15/h3-13H2,1-2H3,(H2,15,16). The Hall–Kier alpha value is -0.530. The molecule has 0 saturated carbocycles. The van der Waals surface area contributed by atoms with Gasteiger partial charge in [0.25, 0.3) is 0 Å². The van der Waals surface area contributed by atoms with Gasteiger partial charge in [-0.2, -0.15) is 0 Å². The van der Waals surface area contributed by atoms with E-state index in [1.807, 2.05) is 0 Å². The van der Waals surface area contributed by atoms with Crippen molar-refractivity contribution in [2.45, 2.75) is 78.1 Å². The summed E-state index contributed by atoms with van der Waals surface area (Å²) in [6.07, 6.45) is 13.8. The van der Waals surface area contributed by atoms with Gasteiger partial charge in [0.15, 0.2) is 0 Å². The molecule has 96 valence electrons. The zero-order valence-corrected chi connectivity index (χ0v) is 11.3. The van der Waals surface area contributed by atoms with Crippen molar-refractivity contribution in [2.24, 2.45) is 0 Å². The van der Waals surface area contributed by atoms with E-state index in [1.165, 1.54) is 64.2 Å². The zero-order valence-electron chi connectivity index (χ0n) is 11.3. The Labute approximate surface area is 102 Å². The van der Waals surface area contributed by atoms with Gasteiger partial charge in [-0.25, -0.2) is 0 Å². The second-order valence-electron chi connectivity index (χ2n) is 4.73. The highest BCUT2D eigenvalue weighted by atomic mass is 14.9. The summed E-state index contributed by atoms with van der Waals surface area (Å²) in [4.78, 5) is 0. The van der Waals surface area contributed by atoms with E-state index in [4.69, 9.17) is 5.41 Å². The Balaban J connectivity index is 2.90. The highest BCUT2D eigenvalue weighted by Gasteiger charge is 1.92. The molecule has 0 amide bonds. The lowest BCUT2D eigenvalue weighted by molar-refractivity contribution is 0.554.